The maximum absolute atomic E-state index is 11.8. The Hall–Kier alpha value is -1.07. The molecule has 6 heteroatoms. The van der Waals surface area contributed by atoms with Crippen molar-refractivity contribution in [3.05, 3.63) is 21.6 Å². The minimum Gasteiger partial charge on any atom is -0.396 e. The van der Waals surface area contributed by atoms with Gasteiger partial charge in [-0.05, 0) is 25.7 Å². The molecule has 5 nitrogen and oxygen atoms in total. The van der Waals surface area contributed by atoms with Gasteiger partial charge < -0.3 is 10.4 Å². The second-order valence-electron chi connectivity index (χ2n) is 4.11. The molecule has 0 aliphatic rings. The van der Waals surface area contributed by atoms with Crippen LogP contribution in [0.15, 0.2) is 11.0 Å². The van der Waals surface area contributed by atoms with Crippen LogP contribution in [0.4, 0.5) is 5.69 Å². The molecular formula is C12H20ClN3O2. The van der Waals surface area contributed by atoms with Gasteiger partial charge in [0, 0.05) is 19.7 Å². The van der Waals surface area contributed by atoms with Gasteiger partial charge in [-0.2, -0.15) is 5.10 Å². The van der Waals surface area contributed by atoms with E-state index in [4.69, 9.17) is 16.7 Å². The summed E-state index contributed by atoms with van der Waals surface area (Å²) >= 11 is 6.00. The average molecular weight is 274 g/mol. The molecule has 1 aromatic rings. The molecule has 1 rings (SSSR count). The standard InChI is InChI=1S/C12H20ClN3O2/c1-2-7-16-12(18)11(13)10(9-15-16)14-6-4-3-5-8-17/h9,14,17H,2-8H2,1H3. The first-order valence-corrected chi connectivity index (χ1v) is 6.68. The molecular weight excluding hydrogens is 254 g/mol. The quantitative estimate of drug-likeness (QED) is 0.710. The van der Waals surface area contributed by atoms with Gasteiger partial charge in [0.05, 0.1) is 11.9 Å². The van der Waals surface area contributed by atoms with Crippen LogP contribution in [-0.4, -0.2) is 28.0 Å². The zero-order chi connectivity index (χ0) is 13.4. The molecule has 0 aliphatic heterocycles. The predicted molar refractivity (Wildman–Crippen MR) is 73.2 cm³/mol. The molecule has 0 saturated carbocycles. The van der Waals surface area contributed by atoms with Crippen molar-refractivity contribution in [1.29, 1.82) is 0 Å². The van der Waals surface area contributed by atoms with Gasteiger partial charge in [-0.1, -0.05) is 18.5 Å². The molecule has 0 amide bonds. The van der Waals surface area contributed by atoms with Crippen LogP contribution < -0.4 is 10.9 Å². The highest BCUT2D eigenvalue weighted by atomic mass is 35.5. The number of unbranched alkanes of at least 4 members (excludes halogenated alkanes) is 2. The summed E-state index contributed by atoms with van der Waals surface area (Å²) in [6, 6.07) is 0. The van der Waals surface area contributed by atoms with Gasteiger partial charge in [0.2, 0.25) is 0 Å². The first-order chi connectivity index (χ1) is 8.70. The summed E-state index contributed by atoms with van der Waals surface area (Å²) in [5, 5.41) is 16.0. The number of aryl methyl sites for hydroxylation is 1. The predicted octanol–water partition coefficient (Wildman–Crippen LogP) is 1.88. The molecule has 0 radical (unpaired) electrons. The minimum absolute atomic E-state index is 0.195. The van der Waals surface area contributed by atoms with E-state index in [1.165, 1.54) is 4.68 Å². The van der Waals surface area contributed by atoms with E-state index in [2.05, 4.69) is 10.4 Å². The number of hydrogen-bond acceptors (Lipinski definition) is 4. The zero-order valence-electron chi connectivity index (χ0n) is 10.7. The molecule has 0 unspecified atom stereocenters. The van der Waals surface area contributed by atoms with E-state index >= 15 is 0 Å². The number of rotatable bonds is 8. The maximum atomic E-state index is 11.8. The van der Waals surface area contributed by atoms with Crippen molar-refractivity contribution in [2.75, 3.05) is 18.5 Å². The van der Waals surface area contributed by atoms with Crippen LogP contribution in [0.3, 0.4) is 0 Å². The Labute approximate surface area is 112 Å². The summed E-state index contributed by atoms with van der Waals surface area (Å²) in [6.45, 7) is 3.50. The SMILES string of the molecule is CCCn1ncc(NCCCCCO)c(Cl)c1=O. The summed E-state index contributed by atoms with van der Waals surface area (Å²) in [5.74, 6) is 0. The highest BCUT2D eigenvalue weighted by Crippen LogP contribution is 2.15. The monoisotopic (exact) mass is 273 g/mol. The van der Waals surface area contributed by atoms with Gasteiger partial charge in [0.15, 0.2) is 0 Å². The smallest absolute Gasteiger partial charge is 0.287 e. The number of aliphatic hydroxyl groups is 1. The third-order valence-corrected chi connectivity index (χ3v) is 2.94. The molecule has 18 heavy (non-hydrogen) atoms. The van der Waals surface area contributed by atoms with Crippen LogP contribution in [0.5, 0.6) is 0 Å². The van der Waals surface area contributed by atoms with Crippen molar-refractivity contribution in [1.82, 2.24) is 9.78 Å². The number of hydrogen-bond donors (Lipinski definition) is 2. The third-order valence-electron chi connectivity index (χ3n) is 2.57. The first kappa shape index (κ1) is 15.0. The van der Waals surface area contributed by atoms with E-state index in [1.807, 2.05) is 6.92 Å². The Balaban J connectivity index is 2.57. The molecule has 1 aromatic heterocycles. The topological polar surface area (TPSA) is 67.2 Å². The van der Waals surface area contributed by atoms with E-state index in [0.717, 1.165) is 32.2 Å². The van der Waals surface area contributed by atoms with Crippen molar-refractivity contribution >= 4 is 17.3 Å². The summed E-state index contributed by atoms with van der Waals surface area (Å²) in [7, 11) is 0. The minimum atomic E-state index is -0.251. The first-order valence-electron chi connectivity index (χ1n) is 6.31. The molecule has 0 spiro atoms. The van der Waals surface area contributed by atoms with Crippen LogP contribution in [0.1, 0.15) is 32.6 Å². The number of aromatic nitrogens is 2. The van der Waals surface area contributed by atoms with Gasteiger partial charge in [0.1, 0.15) is 5.02 Å². The van der Waals surface area contributed by atoms with Crippen molar-refractivity contribution in [2.24, 2.45) is 0 Å². The van der Waals surface area contributed by atoms with Crippen LogP contribution in [0.2, 0.25) is 5.02 Å². The lowest BCUT2D eigenvalue weighted by Gasteiger charge is -2.09. The molecule has 0 bridgehead atoms. The van der Waals surface area contributed by atoms with Crippen LogP contribution in [-0.2, 0) is 6.54 Å². The Morgan fingerprint density at radius 3 is 2.89 bits per heavy atom. The second kappa shape index (κ2) is 8.11. The van der Waals surface area contributed by atoms with Crippen LogP contribution in [0.25, 0.3) is 0 Å². The molecule has 2 N–H and O–H groups in total. The van der Waals surface area contributed by atoms with Gasteiger partial charge in [-0.3, -0.25) is 4.79 Å². The lowest BCUT2D eigenvalue weighted by molar-refractivity contribution is 0.283. The second-order valence-corrected chi connectivity index (χ2v) is 4.49. The van der Waals surface area contributed by atoms with Crippen LogP contribution >= 0.6 is 11.6 Å². The third kappa shape index (κ3) is 4.31. The van der Waals surface area contributed by atoms with Crippen molar-refractivity contribution < 1.29 is 5.11 Å². The number of aliphatic hydroxyl groups excluding tert-OH is 1. The molecule has 0 fully saturated rings. The van der Waals surface area contributed by atoms with Gasteiger partial charge in [-0.25, -0.2) is 4.68 Å². The highest BCUT2D eigenvalue weighted by Gasteiger charge is 2.07. The number of nitrogens with zero attached hydrogens (tertiary/aromatic N) is 2. The Kier molecular flexibility index (Phi) is 6.75. The number of halogens is 1. The molecule has 102 valence electrons. The zero-order valence-corrected chi connectivity index (χ0v) is 11.4. The van der Waals surface area contributed by atoms with Crippen molar-refractivity contribution in [3.8, 4) is 0 Å². The number of anilines is 1. The average Bonchev–Trinajstić information content (AvgIpc) is 2.37. The summed E-state index contributed by atoms with van der Waals surface area (Å²) < 4.78 is 1.37. The lowest BCUT2D eigenvalue weighted by Crippen LogP contribution is -2.24. The summed E-state index contributed by atoms with van der Waals surface area (Å²) in [4.78, 5) is 11.8. The molecule has 0 aliphatic carbocycles. The Bertz CT molecular complexity index is 420. The van der Waals surface area contributed by atoms with Gasteiger partial charge in [-0.15, -0.1) is 0 Å². The molecule has 0 saturated heterocycles. The van der Waals surface area contributed by atoms with Gasteiger partial charge >= 0.3 is 0 Å². The fourth-order valence-electron chi connectivity index (χ4n) is 1.60. The van der Waals surface area contributed by atoms with E-state index in [0.29, 0.717) is 12.2 Å². The molecule has 0 atom stereocenters. The summed E-state index contributed by atoms with van der Waals surface area (Å²) in [6.07, 6.45) is 5.10. The lowest BCUT2D eigenvalue weighted by atomic mass is 10.2. The van der Waals surface area contributed by atoms with E-state index in [9.17, 15) is 4.79 Å². The van der Waals surface area contributed by atoms with E-state index in [1.54, 1.807) is 6.20 Å². The Morgan fingerprint density at radius 1 is 1.44 bits per heavy atom. The summed E-state index contributed by atoms with van der Waals surface area (Å²) in [5.41, 5.74) is 0.330. The van der Waals surface area contributed by atoms with E-state index < -0.39 is 0 Å². The van der Waals surface area contributed by atoms with Crippen molar-refractivity contribution in [3.63, 3.8) is 0 Å². The molecule has 0 aromatic carbocycles. The fraction of sp³-hybridized carbons (Fsp3) is 0.667. The Morgan fingerprint density at radius 2 is 2.22 bits per heavy atom. The maximum Gasteiger partial charge on any atom is 0.287 e. The van der Waals surface area contributed by atoms with Crippen molar-refractivity contribution in [2.45, 2.75) is 39.2 Å². The highest BCUT2D eigenvalue weighted by molar-refractivity contribution is 6.32. The normalized spacial score (nSPS) is 10.6. The largest absolute Gasteiger partial charge is 0.396 e. The van der Waals surface area contributed by atoms with Crippen LogP contribution in [0, 0.1) is 0 Å². The van der Waals surface area contributed by atoms with E-state index in [-0.39, 0.29) is 17.2 Å². The number of nitrogens with one attached hydrogen (secondary N) is 1. The van der Waals surface area contributed by atoms with Gasteiger partial charge in [0.25, 0.3) is 5.56 Å². The fourth-order valence-corrected chi connectivity index (χ4v) is 1.81. The molecule has 1 heterocycles.